The van der Waals surface area contributed by atoms with Crippen molar-refractivity contribution < 1.29 is 4.79 Å². The van der Waals surface area contributed by atoms with Crippen LogP contribution in [0.4, 0.5) is 0 Å². The molecule has 5 nitrogen and oxygen atoms in total. The van der Waals surface area contributed by atoms with E-state index in [-0.39, 0.29) is 17.4 Å². The zero-order valence-corrected chi connectivity index (χ0v) is 12.4. The average Bonchev–Trinajstić information content (AvgIpc) is 2.80. The summed E-state index contributed by atoms with van der Waals surface area (Å²) in [6.07, 6.45) is 7.03. The lowest BCUT2D eigenvalue weighted by Gasteiger charge is -2.32. The van der Waals surface area contributed by atoms with E-state index in [9.17, 15) is 4.79 Å². The fourth-order valence-electron chi connectivity index (χ4n) is 1.86. The smallest absolute Gasteiger partial charge is 0.237 e. The third-order valence-electron chi connectivity index (χ3n) is 3.25. The molecule has 0 aliphatic rings. The van der Waals surface area contributed by atoms with Gasteiger partial charge < -0.3 is 15.6 Å². The van der Waals surface area contributed by atoms with Crippen molar-refractivity contribution in [3.8, 4) is 0 Å². The second kappa shape index (κ2) is 6.70. The van der Waals surface area contributed by atoms with Crippen LogP contribution in [0.15, 0.2) is 18.7 Å². The molecule has 0 aliphatic heterocycles. The van der Waals surface area contributed by atoms with E-state index in [2.05, 4.69) is 31.1 Å². The van der Waals surface area contributed by atoms with Crippen molar-refractivity contribution in [2.45, 2.75) is 59.2 Å². The van der Waals surface area contributed by atoms with Crippen molar-refractivity contribution in [3.05, 3.63) is 18.7 Å². The van der Waals surface area contributed by atoms with E-state index in [0.29, 0.717) is 13.0 Å². The summed E-state index contributed by atoms with van der Waals surface area (Å²) in [4.78, 5) is 16.1. The first kappa shape index (κ1) is 15.7. The maximum Gasteiger partial charge on any atom is 0.237 e. The number of carbonyl (C=O) groups is 1. The number of carbonyl (C=O) groups excluding carboxylic acids is 1. The third kappa shape index (κ3) is 5.03. The zero-order chi connectivity index (χ0) is 14.5. The van der Waals surface area contributed by atoms with Crippen molar-refractivity contribution in [1.29, 1.82) is 0 Å². The first-order valence-corrected chi connectivity index (χ1v) is 6.86. The highest BCUT2D eigenvalue weighted by molar-refractivity contribution is 5.81. The van der Waals surface area contributed by atoms with Crippen LogP contribution in [-0.4, -0.2) is 27.5 Å². The van der Waals surface area contributed by atoms with Crippen LogP contribution in [0.2, 0.25) is 0 Å². The molecule has 0 spiro atoms. The van der Waals surface area contributed by atoms with Gasteiger partial charge in [0.05, 0.1) is 18.4 Å². The molecule has 0 radical (unpaired) electrons. The van der Waals surface area contributed by atoms with Gasteiger partial charge in [0, 0.05) is 18.9 Å². The molecule has 108 valence electrons. The molecule has 2 atom stereocenters. The molecular weight excluding hydrogens is 240 g/mol. The van der Waals surface area contributed by atoms with Crippen molar-refractivity contribution in [2.75, 3.05) is 0 Å². The number of aromatic nitrogens is 2. The fourth-order valence-corrected chi connectivity index (χ4v) is 1.86. The maximum atomic E-state index is 12.1. The number of rotatable bonds is 6. The highest BCUT2D eigenvalue weighted by Gasteiger charge is 2.28. The maximum absolute atomic E-state index is 12.1. The lowest BCUT2D eigenvalue weighted by molar-refractivity contribution is -0.124. The number of imidazole rings is 1. The normalized spacial score (nSPS) is 15.0. The van der Waals surface area contributed by atoms with E-state index in [1.165, 1.54) is 0 Å². The van der Waals surface area contributed by atoms with Crippen molar-refractivity contribution in [3.63, 3.8) is 0 Å². The summed E-state index contributed by atoms with van der Waals surface area (Å²) in [5, 5.41) is 3.07. The molecule has 1 aromatic heterocycles. The quantitative estimate of drug-likeness (QED) is 0.820. The molecule has 1 rings (SSSR count). The molecule has 3 N–H and O–H groups in total. The topological polar surface area (TPSA) is 72.9 Å². The standard InChI is InChI=1S/C14H26N4O/c1-5-6-11(15)13(19)17-12(14(2,3)4)9-18-8-7-16-10-18/h7-8,10-12H,5-6,9,15H2,1-4H3,(H,17,19). The number of nitrogens with zero attached hydrogens (tertiary/aromatic N) is 2. The van der Waals surface area contributed by atoms with Gasteiger partial charge in [-0.3, -0.25) is 4.79 Å². The molecule has 0 saturated carbocycles. The average molecular weight is 266 g/mol. The van der Waals surface area contributed by atoms with E-state index >= 15 is 0 Å². The zero-order valence-electron chi connectivity index (χ0n) is 12.4. The Morgan fingerprint density at radius 3 is 2.63 bits per heavy atom. The number of nitrogens with one attached hydrogen (secondary N) is 1. The minimum absolute atomic E-state index is 0.0251. The van der Waals surface area contributed by atoms with Crippen LogP contribution in [0.3, 0.4) is 0 Å². The lowest BCUT2D eigenvalue weighted by atomic mass is 9.86. The highest BCUT2D eigenvalue weighted by atomic mass is 16.2. The molecule has 1 amide bonds. The highest BCUT2D eigenvalue weighted by Crippen LogP contribution is 2.21. The Hall–Kier alpha value is -1.36. The van der Waals surface area contributed by atoms with Crippen LogP contribution in [0, 0.1) is 5.41 Å². The van der Waals surface area contributed by atoms with Crippen molar-refractivity contribution >= 4 is 5.91 Å². The van der Waals surface area contributed by atoms with Crippen LogP contribution in [-0.2, 0) is 11.3 Å². The Morgan fingerprint density at radius 2 is 2.16 bits per heavy atom. The second-order valence-electron chi connectivity index (χ2n) is 6.08. The largest absolute Gasteiger partial charge is 0.350 e. The molecule has 19 heavy (non-hydrogen) atoms. The van der Waals surface area contributed by atoms with Crippen molar-refractivity contribution in [2.24, 2.45) is 11.1 Å². The SMILES string of the molecule is CCCC(N)C(=O)NC(Cn1ccnc1)C(C)(C)C. The summed E-state index contributed by atoms with van der Waals surface area (Å²) in [6, 6.07) is -0.394. The Bertz CT molecular complexity index is 381. The van der Waals surface area contributed by atoms with E-state index in [0.717, 1.165) is 6.42 Å². The summed E-state index contributed by atoms with van der Waals surface area (Å²) >= 11 is 0. The van der Waals surface area contributed by atoms with Gasteiger partial charge in [0.1, 0.15) is 0 Å². The molecule has 0 saturated heterocycles. The molecule has 1 aromatic rings. The molecule has 0 aromatic carbocycles. The summed E-state index contributed by atoms with van der Waals surface area (Å²) in [5.74, 6) is -0.0677. The minimum Gasteiger partial charge on any atom is -0.350 e. The summed E-state index contributed by atoms with van der Waals surface area (Å²) in [6.45, 7) is 9.06. The first-order valence-electron chi connectivity index (χ1n) is 6.86. The molecule has 0 aliphatic carbocycles. The van der Waals surface area contributed by atoms with Crippen LogP contribution < -0.4 is 11.1 Å². The van der Waals surface area contributed by atoms with E-state index in [1.807, 2.05) is 17.7 Å². The molecule has 2 unspecified atom stereocenters. The summed E-state index contributed by atoms with van der Waals surface area (Å²) in [7, 11) is 0. The molecule has 0 fully saturated rings. The fraction of sp³-hybridized carbons (Fsp3) is 0.714. The van der Waals surface area contributed by atoms with Gasteiger partial charge in [-0.05, 0) is 11.8 Å². The summed E-state index contributed by atoms with van der Waals surface area (Å²) in [5.41, 5.74) is 5.83. The lowest BCUT2D eigenvalue weighted by Crippen LogP contribution is -2.51. The minimum atomic E-state index is -0.419. The predicted octanol–water partition coefficient (Wildman–Crippen LogP) is 1.54. The van der Waals surface area contributed by atoms with Crippen LogP contribution in [0.5, 0.6) is 0 Å². The number of nitrogens with two attached hydrogens (primary N) is 1. The second-order valence-corrected chi connectivity index (χ2v) is 6.08. The van der Waals surface area contributed by atoms with Crippen LogP contribution in [0.25, 0.3) is 0 Å². The molecular formula is C14H26N4O. The Kier molecular flexibility index (Phi) is 5.54. The Labute approximate surface area is 115 Å². The Morgan fingerprint density at radius 1 is 1.47 bits per heavy atom. The van der Waals surface area contributed by atoms with Gasteiger partial charge in [-0.25, -0.2) is 4.98 Å². The van der Waals surface area contributed by atoms with E-state index in [4.69, 9.17) is 5.73 Å². The number of amides is 1. The van der Waals surface area contributed by atoms with E-state index in [1.54, 1.807) is 12.5 Å². The van der Waals surface area contributed by atoms with Gasteiger partial charge in [0.2, 0.25) is 5.91 Å². The molecule has 1 heterocycles. The summed E-state index contributed by atoms with van der Waals surface area (Å²) < 4.78 is 1.97. The number of hydrogen-bond donors (Lipinski definition) is 2. The van der Waals surface area contributed by atoms with Gasteiger partial charge in [-0.2, -0.15) is 0 Å². The first-order chi connectivity index (χ1) is 8.84. The van der Waals surface area contributed by atoms with Crippen LogP contribution in [0.1, 0.15) is 40.5 Å². The number of hydrogen-bond acceptors (Lipinski definition) is 3. The predicted molar refractivity (Wildman–Crippen MR) is 76.5 cm³/mol. The monoisotopic (exact) mass is 266 g/mol. The van der Waals surface area contributed by atoms with Gasteiger partial charge in [-0.1, -0.05) is 34.1 Å². The van der Waals surface area contributed by atoms with Gasteiger partial charge in [-0.15, -0.1) is 0 Å². The van der Waals surface area contributed by atoms with Crippen molar-refractivity contribution in [1.82, 2.24) is 14.9 Å². The van der Waals surface area contributed by atoms with Gasteiger partial charge >= 0.3 is 0 Å². The van der Waals surface area contributed by atoms with E-state index < -0.39 is 6.04 Å². The van der Waals surface area contributed by atoms with Gasteiger partial charge in [0.25, 0.3) is 0 Å². The molecule has 5 heteroatoms. The Balaban J connectivity index is 2.68. The third-order valence-corrected chi connectivity index (χ3v) is 3.25. The molecule has 0 bridgehead atoms. The van der Waals surface area contributed by atoms with Gasteiger partial charge in [0.15, 0.2) is 0 Å². The van der Waals surface area contributed by atoms with Crippen LogP contribution >= 0.6 is 0 Å².